The van der Waals surface area contributed by atoms with Crippen molar-refractivity contribution in [3.8, 4) is 0 Å². The summed E-state index contributed by atoms with van der Waals surface area (Å²) >= 11 is 0. The molecule has 0 N–H and O–H groups in total. The summed E-state index contributed by atoms with van der Waals surface area (Å²) in [7, 11) is 1.55. The van der Waals surface area contributed by atoms with Crippen molar-refractivity contribution in [1.29, 1.82) is 0 Å². The van der Waals surface area contributed by atoms with Gasteiger partial charge in [0.25, 0.3) is 0 Å². The van der Waals surface area contributed by atoms with Crippen LogP contribution in [-0.4, -0.2) is 44.3 Å². The molecule has 0 radical (unpaired) electrons. The summed E-state index contributed by atoms with van der Waals surface area (Å²) < 4.78 is 20.7. The maximum Gasteiger partial charge on any atom is 0.508 e. The predicted molar refractivity (Wildman–Crippen MR) is 73.3 cm³/mol. The van der Waals surface area contributed by atoms with Gasteiger partial charge in [0.1, 0.15) is 12.7 Å². The lowest BCUT2D eigenvalue weighted by atomic mass is 10.0. The molecule has 0 aromatic carbocycles. The molecule has 0 aromatic rings. The summed E-state index contributed by atoms with van der Waals surface area (Å²) in [5, 5.41) is 0. The molecule has 0 aliphatic heterocycles. The maximum atomic E-state index is 11.4. The van der Waals surface area contributed by atoms with Gasteiger partial charge in [0, 0.05) is 13.5 Å². The normalized spacial score (nSPS) is 14.8. The molecule has 0 amide bonds. The van der Waals surface area contributed by atoms with Crippen LogP contribution in [0.2, 0.25) is 0 Å². The third-order valence-electron chi connectivity index (χ3n) is 2.68. The van der Waals surface area contributed by atoms with E-state index in [0.717, 1.165) is 6.42 Å². The summed E-state index contributed by atoms with van der Waals surface area (Å²) in [6, 6.07) is 0. The van der Waals surface area contributed by atoms with Gasteiger partial charge in [-0.25, -0.2) is 4.79 Å². The highest BCUT2D eigenvalue weighted by Gasteiger charge is 2.26. The van der Waals surface area contributed by atoms with Gasteiger partial charge in [-0.05, 0) is 34.1 Å². The topological polar surface area (TPSA) is 54.0 Å². The van der Waals surface area contributed by atoms with Gasteiger partial charge in [-0.2, -0.15) is 0 Å². The van der Waals surface area contributed by atoms with Crippen LogP contribution in [0.4, 0.5) is 4.79 Å². The molecular weight excluding hydrogens is 248 g/mol. The fourth-order valence-electron chi connectivity index (χ4n) is 1.82. The van der Waals surface area contributed by atoms with Crippen LogP contribution in [0.1, 0.15) is 47.5 Å². The Kier molecular flexibility index (Phi) is 8.76. The van der Waals surface area contributed by atoms with E-state index in [1.807, 2.05) is 27.7 Å². The fraction of sp³-hybridized carbons (Fsp3) is 0.929. The smallest absolute Gasteiger partial charge is 0.432 e. The van der Waals surface area contributed by atoms with Crippen LogP contribution < -0.4 is 0 Å². The van der Waals surface area contributed by atoms with Crippen molar-refractivity contribution in [2.45, 2.75) is 65.3 Å². The van der Waals surface area contributed by atoms with Gasteiger partial charge in [0.15, 0.2) is 0 Å². The first-order chi connectivity index (χ1) is 8.80. The summed E-state index contributed by atoms with van der Waals surface area (Å²) in [6.45, 7) is 10.5. The monoisotopic (exact) mass is 276 g/mol. The number of carbonyl (C=O) groups is 1. The number of rotatable bonds is 9. The van der Waals surface area contributed by atoms with Crippen LogP contribution in [0.3, 0.4) is 0 Å². The molecule has 0 aromatic heterocycles. The number of hydrogen-bond donors (Lipinski definition) is 0. The minimum absolute atomic E-state index is 0.191. The largest absolute Gasteiger partial charge is 0.508 e. The zero-order valence-corrected chi connectivity index (χ0v) is 13.0. The number of methoxy groups -OCH3 is 1. The van der Waals surface area contributed by atoms with Crippen molar-refractivity contribution in [2.75, 3.05) is 20.3 Å². The van der Waals surface area contributed by atoms with Gasteiger partial charge in [-0.15, -0.1) is 0 Å². The Labute approximate surface area is 116 Å². The van der Waals surface area contributed by atoms with E-state index in [2.05, 4.69) is 6.92 Å². The molecule has 0 aliphatic rings. The van der Waals surface area contributed by atoms with Crippen molar-refractivity contribution in [3.05, 3.63) is 0 Å². The highest BCUT2D eigenvalue weighted by Crippen LogP contribution is 2.21. The summed E-state index contributed by atoms with van der Waals surface area (Å²) in [5.74, 6) is 0. The van der Waals surface area contributed by atoms with Crippen molar-refractivity contribution in [1.82, 2.24) is 0 Å². The second kappa shape index (κ2) is 9.15. The second-order valence-corrected chi connectivity index (χ2v) is 5.32. The summed E-state index contributed by atoms with van der Waals surface area (Å²) in [4.78, 5) is 11.4. The van der Waals surface area contributed by atoms with E-state index in [-0.39, 0.29) is 24.4 Å². The molecule has 19 heavy (non-hydrogen) atoms. The zero-order valence-electron chi connectivity index (χ0n) is 13.0. The van der Waals surface area contributed by atoms with Crippen molar-refractivity contribution < 1.29 is 23.7 Å². The number of carbonyl (C=O) groups excluding carboxylic acids is 1. The molecule has 0 heterocycles. The minimum Gasteiger partial charge on any atom is -0.432 e. The van der Waals surface area contributed by atoms with Crippen LogP contribution in [0.15, 0.2) is 0 Å². The number of hydrogen-bond acceptors (Lipinski definition) is 5. The molecule has 5 heteroatoms. The molecule has 2 unspecified atom stereocenters. The average Bonchev–Trinajstić information content (AvgIpc) is 2.27. The van der Waals surface area contributed by atoms with E-state index in [0.29, 0.717) is 13.0 Å². The van der Waals surface area contributed by atoms with Crippen LogP contribution in [-0.2, 0) is 18.9 Å². The molecule has 0 rings (SSSR count). The molecule has 114 valence electrons. The Hall–Kier alpha value is -0.810. The first-order valence-corrected chi connectivity index (χ1v) is 6.81. The average molecular weight is 276 g/mol. The second-order valence-electron chi connectivity index (χ2n) is 5.32. The molecule has 0 aliphatic carbocycles. The maximum absolute atomic E-state index is 11.4. The van der Waals surface area contributed by atoms with Crippen LogP contribution in [0.25, 0.3) is 0 Å². The molecule has 0 saturated carbocycles. The van der Waals surface area contributed by atoms with Gasteiger partial charge in [0.05, 0.1) is 18.3 Å². The van der Waals surface area contributed by atoms with E-state index in [9.17, 15) is 4.79 Å². The third kappa shape index (κ3) is 9.73. The SMILES string of the molecule is CCC(C)OC(C)(C)CC(C)OC(=O)OCCOC. The Morgan fingerprint density at radius 3 is 2.32 bits per heavy atom. The van der Waals surface area contributed by atoms with E-state index in [1.165, 1.54) is 0 Å². The summed E-state index contributed by atoms with van der Waals surface area (Å²) in [5.41, 5.74) is -0.332. The minimum atomic E-state index is -0.663. The Bertz CT molecular complexity index is 252. The highest BCUT2D eigenvalue weighted by molar-refractivity contribution is 5.60. The van der Waals surface area contributed by atoms with Crippen molar-refractivity contribution >= 4 is 6.16 Å². The zero-order chi connectivity index (χ0) is 14.9. The number of ether oxygens (including phenoxy) is 4. The van der Waals surface area contributed by atoms with Crippen LogP contribution in [0, 0.1) is 0 Å². The standard InChI is InChI=1S/C14H28O5/c1-7-11(2)19-14(4,5)10-12(3)18-13(15)17-9-8-16-6/h11-12H,7-10H2,1-6H3. The van der Waals surface area contributed by atoms with Gasteiger partial charge in [-0.3, -0.25) is 0 Å². The van der Waals surface area contributed by atoms with Gasteiger partial charge >= 0.3 is 6.16 Å². The van der Waals surface area contributed by atoms with E-state index >= 15 is 0 Å². The van der Waals surface area contributed by atoms with Gasteiger partial charge in [0.2, 0.25) is 0 Å². The van der Waals surface area contributed by atoms with Crippen LogP contribution >= 0.6 is 0 Å². The molecular formula is C14H28O5. The fourth-order valence-corrected chi connectivity index (χ4v) is 1.82. The Morgan fingerprint density at radius 2 is 1.79 bits per heavy atom. The van der Waals surface area contributed by atoms with Gasteiger partial charge in [-0.1, -0.05) is 6.92 Å². The van der Waals surface area contributed by atoms with E-state index < -0.39 is 6.16 Å². The lowest BCUT2D eigenvalue weighted by molar-refractivity contribution is -0.0905. The molecule has 0 saturated heterocycles. The first kappa shape index (κ1) is 18.2. The van der Waals surface area contributed by atoms with E-state index in [4.69, 9.17) is 18.9 Å². The lowest BCUT2D eigenvalue weighted by Gasteiger charge is -2.31. The van der Waals surface area contributed by atoms with E-state index in [1.54, 1.807) is 7.11 Å². The summed E-state index contributed by atoms with van der Waals surface area (Å²) in [6.07, 6.45) is 0.850. The molecule has 0 spiro atoms. The van der Waals surface area contributed by atoms with Gasteiger partial charge < -0.3 is 18.9 Å². The van der Waals surface area contributed by atoms with Crippen LogP contribution in [0.5, 0.6) is 0 Å². The molecule has 5 nitrogen and oxygen atoms in total. The first-order valence-electron chi connectivity index (χ1n) is 6.81. The molecule has 0 bridgehead atoms. The predicted octanol–water partition coefficient (Wildman–Crippen LogP) is 3.16. The Balaban J connectivity index is 4.00. The highest BCUT2D eigenvalue weighted by atomic mass is 16.7. The van der Waals surface area contributed by atoms with Crippen molar-refractivity contribution in [2.24, 2.45) is 0 Å². The van der Waals surface area contributed by atoms with Crippen molar-refractivity contribution in [3.63, 3.8) is 0 Å². The Morgan fingerprint density at radius 1 is 1.16 bits per heavy atom. The third-order valence-corrected chi connectivity index (χ3v) is 2.68. The quantitative estimate of drug-likeness (QED) is 0.478. The molecule has 2 atom stereocenters. The lowest BCUT2D eigenvalue weighted by Crippen LogP contribution is -2.34. The molecule has 0 fully saturated rings.